The van der Waals surface area contributed by atoms with Crippen LogP contribution in [-0.4, -0.2) is 70.9 Å². The Morgan fingerprint density at radius 2 is 1.68 bits per heavy atom. The van der Waals surface area contributed by atoms with Gasteiger partial charge in [-0.2, -0.15) is 0 Å². The number of anilines is 1. The van der Waals surface area contributed by atoms with Crippen LogP contribution in [0.3, 0.4) is 0 Å². The van der Waals surface area contributed by atoms with Crippen molar-refractivity contribution >= 4 is 35.0 Å². The van der Waals surface area contributed by atoms with Crippen molar-refractivity contribution < 1.29 is 14.4 Å². The lowest BCUT2D eigenvalue weighted by Gasteiger charge is -2.43. The predicted octanol–water partition coefficient (Wildman–Crippen LogP) is 2.79. The Bertz CT molecular complexity index is 1120. The smallest absolute Gasteiger partial charge is 0.250 e. The molecule has 0 unspecified atom stereocenters. The lowest BCUT2D eigenvalue weighted by molar-refractivity contribution is -0.140. The zero-order valence-corrected chi connectivity index (χ0v) is 22.5. The van der Waals surface area contributed by atoms with Gasteiger partial charge in [0.25, 0.3) is 5.91 Å². The Kier molecular flexibility index (Phi) is 7.80. The average molecular weight is 526 g/mol. The SMILES string of the molecule is CC(C)(C)NC(=O)CN1CN(c2ccccc2)C2(CCN(C(=O)[C@H](N)Cc3ccc(Cl)cc3)CC2)C1=O. The number of carbonyl (C=O) groups is 3. The highest BCUT2D eigenvalue weighted by Crippen LogP contribution is 2.39. The first kappa shape index (κ1) is 26.9. The van der Waals surface area contributed by atoms with Crippen molar-refractivity contribution in [2.24, 2.45) is 5.73 Å². The third-order valence-electron chi connectivity index (χ3n) is 7.02. The highest BCUT2D eigenvalue weighted by molar-refractivity contribution is 6.30. The van der Waals surface area contributed by atoms with E-state index in [9.17, 15) is 14.4 Å². The summed E-state index contributed by atoms with van der Waals surface area (Å²) in [6.07, 6.45) is 1.36. The van der Waals surface area contributed by atoms with Crippen LogP contribution >= 0.6 is 11.6 Å². The number of nitrogens with one attached hydrogen (secondary N) is 1. The van der Waals surface area contributed by atoms with Crippen molar-refractivity contribution in [1.29, 1.82) is 0 Å². The number of nitrogens with zero attached hydrogens (tertiary/aromatic N) is 3. The fraction of sp³-hybridized carbons (Fsp3) is 0.464. The van der Waals surface area contributed by atoms with Crippen molar-refractivity contribution in [3.63, 3.8) is 0 Å². The highest BCUT2D eigenvalue weighted by atomic mass is 35.5. The minimum Gasteiger partial charge on any atom is -0.350 e. The Hall–Kier alpha value is -3.10. The molecular formula is C28H36ClN5O3. The van der Waals surface area contributed by atoms with E-state index in [-0.39, 0.29) is 29.8 Å². The molecule has 1 atom stereocenters. The van der Waals surface area contributed by atoms with Gasteiger partial charge in [-0.05, 0) is 69.9 Å². The van der Waals surface area contributed by atoms with E-state index in [0.29, 0.717) is 44.0 Å². The zero-order valence-electron chi connectivity index (χ0n) is 21.7. The van der Waals surface area contributed by atoms with Crippen LogP contribution < -0.4 is 16.0 Å². The largest absolute Gasteiger partial charge is 0.350 e. The maximum absolute atomic E-state index is 13.8. The van der Waals surface area contributed by atoms with Crippen molar-refractivity contribution in [3.8, 4) is 0 Å². The Balaban J connectivity index is 1.47. The van der Waals surface area contributed by atoms with Crippen LogP contribution in [0.5, 0.6) is 0 Å². The van der Waals surface area contributed by atoms with Gasteiger partial charge in [-0.25, -0.2) is 0 Å². The van der Waals surface area contributed by atoms with Crippen LogP contribution in [0.2, 0.25) is 5.02 Å². The maximum Gasteiger partial charge on any atom is 0.250 e. The van der Waals surface area contributed by atoms with Crippen LogP contribution in [0.1, 0.15) is 39.2 Å². The molecule has 2 aliphatic rings. The predicted molar refractivity (Wildman–Crippen MR) is 145 cm³/mol. The number of likely N-dealkylation sites (tertiary alicyclic amines) is 1. The summed E-state index contributed by atoms with van der Waals surface area (Å²) in [5.41, 5.74) is 6.97. The second-order valence-corrected chi connectivity index (χ2v) is 11.4. The van der Waals surface area contributed by atoms with Gasteiger partial charge in [0, 0.05) is 29.3 Å². The van der Waals surface area contributed by atoms with Gasteiger partial charge in [-0.15, -0.1) is 0 Å². The molecule has 0 bridgehead atoms. The summed E-state index contributed by atoms with van der Waals surface area (Å²) in [4.78, 5) is 45.1. The van der Waals surface area contributed by atoms with Crippen molar-refractivity contribution in [2.45, 2.75) is 57.2 Å². The van der Waals surface area contributed by atoms with E-state index in [1.54, 1.807) is 21.9 Å². The first-order chi connectivity index (χ1) is 17.5. The van der Waals surface area contributed by atoms with Crippen LogP contribution in [0.25, 0.3) is 0 Å². The summed E-state index contributed by atoms with van der Waals surface area (Å²) in [5.74, 6) is -0.382. The minimum absolute atomic E-state index is 0.00417. The van der Waals surface area contributed by atoms with Gasteiger partial charge < -0.3 is 25.8 Å². The summed E-state index contributed by atoms with van der Waals surface area (Å²) in [6.45, 7) is 6.91. The summed E-state index contributed by atoms with van der Waals surface area (Å²) in [5, 5.41) is 3.58. The maximum atomic E-state index is 13.8. The number of amides is 3. The lowest BCUT2D eigenvalue weighted by Crippen LogP contribution is -2.59. The molecule has 0 aliphatic carbocycles. The van der Waals surface area contributed by atoms with Gasteiger partial charge in [0.2, 0.25) is 11.8 Å². The standard InChI is InChI=1S/C28H36ClN5O3/c1-27(2,3)31-24(35)18-33-19-34(22-7-5-4-6-8-22)28(26(33)37)13-15-32(16-14-28)25(36)23(30)17-20-9-11-21(29)12-10-20/h4-12,23H,13-19,30H2,1-3H3,(H,31,35)/t23-/m1/s1. The molecule has 2 saturated heterocycles. The molecule has 2 aliphatic heterocycles. The van der Waals surface area contributed by atoms with Gasteiger partial charge in [0.05, 0.1) is 12.7 Å². The number of rotatable bonds is 6. The van der Waals surface area contributed by atoms with Crippen LogP contribution in [0, 0.1) is 0 Å². The molecule has 3 amide bonds. The third-order valence-corrected chi connectivity index (χ3v) is 7.27. The summed E-state index contributed by atoms with van der Waals surface area (Å²) < 4.78 is 0. The summed E-state index contributed by atoms with van der Waals surface area (Å²) >= 11 is 5.96. The molecule has 0 saturated carbocycles. The molecule has 2 aromatic carbocycles. The fourth-order valence-electron chi connectivity index (χ4n) is 5.25. The van der Waals surface area contributed by atoms with E-state index in [1.807, 2.05) is 63.2 Å². The molecule has 0 aromatic heterocycles. The van der Waals surface area contributed by atoms with Crippen LogP contribution in [0.15, 0.2) is 54.6 Å². The number of hydrogen-bond acceptors (Lipinski definition) is 5. The highest BCUT2D eigenvalue weighted by Gasteiger charge is 2.54. The first-order valence-electron chi connectivity index (χ1n) is 12.7. The van der Waals surface area contributed by atoms with Crippen molar-refractivity contribution in [3.05, 3.63) is 65.2 Å². The number of halogens is 1. The second kappa shape index (κ2) is 10.7. The molecule has 3 N–H and O–H groups in total. The number of piperidine rings is 1. The Morgan fingerprint density at radius 3 is 2.27 bits per heavy atom. The molecule has 0 radical (unpaired) electrons. The molecule has 4 rings (SSSR count). The third kappa shape index (κ3) is 6.08. The van der Waals surface area contributed by atoms with E-state index < -0.39 is 11.6 Å². The van der Waals surface area contributed by atoms with Gasteiger partial charge in [0.15, 0.2) is 0 Å². The number of nitrogens with two attached hydrogens (primary N) is 1. The lowest BCUT2D eigenvalue weighted by atomic mass is 9.85. The molecule has 9 heteroatoms. The molecule has 2 aromatic rings. The van der Waals surface area contributed by atoms with Crippen molar-refractivity contribution in [1.82, 2.24) is 15.1 Å². The number of para-hydroxylation sites is 1. The summed E-state index contributed by atoms with van der Waals surface area (Å²) in [7, 11) is 0. The van der Waals surface area contributed by atoms with E-state index >= 15 is 0 Å². The second-order valence-electron chi connectivity index (χ2n) is 11.0. The van der Waals surface area contributed by atoms with Crippen LogP contribution in [0.4, 0.5) is 5.69 Å². The van der Waals surface area contributed by atoms with Gasteiger partial charge >= 0.3 is 0 Å². The quantitative estimate of drug-likeness (QED) is 0.604. The fourth-order valence-corrected chi connectivity index (χ4v) is 5.37. The van der Waals surface area contributed by atoms with E-state index in [4.69, 9.17) is 17.3 Å². The molecule has 198 valence electrons. The van der Waals surface area contributed by atoms with Crippen LogP contribution in [-0.2, 0) is 20.8 Å². The number of hydrogen-bond donors (Lipinski definition) is 2. The number of carbonyl (C=O) groups excluding carboxylic acids is 3. The number of benzene rings is 2. The molecule has 2 fully saturated rings. The van der Waals surface area contributed by atoms with Gasteiger partial charge in [-0.3, -0.25) is 14.4 Å². The van der Waals surface area contributed by atoms with Crippen molar-refractivity contribution in [2.75, 3.05) is 31.2 Å². The molecular weight excluding hydrogens is 490 g/mol. The van der Waals surface area contributed by atoms with E-state index in [2.05, 4.69) is 10.2 Å². The monoisotopic (exact) mass is 525 g/mol. The molecule has 8 nitrogen and oxygen atoms in total. The molecule has 1 spiro atoms. The van der Waals surface area contributed by atoms with Gasteiger partial charge in [-0.1, -0.05) is 41.9 Å². The Labute approximate surface area is 223 Å². The zero-order chi connectivity index (χ0) is 26.8. The van der Waals surface area contributed by atoms with E-state index in [1.165, 1.54) is 0 Å². The minimum atomic E-state index is -0.805. The average Bonchev–Trinajstić information content (AvgIpc) is 3.11. The first-order valence-corrected chi connectivity index (χ1v) is 13.1. The summed E-state index contributed by atoms with van der Waals surface area (Å²) in [6, 6.07) is 16.4. The Morgan fingerprint density at radius 1 is 1.05 bits per heavy atom. The van der Waals surface area contributed by atoms with Gasteiger partial charge in [0.1, 0.15) is 12.1 Å². The normalized spacial score (nSPS) is 18.3. The molecule has 37 heavy (non-hydrogen) atoms. The van der Waals surface area contributed by atoms with E-state index in [0.717, 1.165) is 11.3 Å². The topological polar surface area (TPSA) is 99.0 Å². The molecule has 2 heterocycles.